The summed E-state index contributed by atoms with van der Waals surface area (Å²) >= 11 is 0. The van der Waals surface area contributed by atoms with Gasteiger partial charge in [-0.15, -0.1) is 0 Å². The van der Waals surface area contributed by atoms with Gasteiger partial charge in [-0.3, -0.25) is 9.69 Å². The van der Waals surface area contributed by atoms with Crippen molar-refractivity contribution >= 4 is 5.91 Å². The van der Waals surface area contributed by atoms with Gasteiger partial charge in [0.2, 0.25) is 5.91 Å². The zero-order valence-electron chi connectivity index (χ0n) is 8.15. The van der Waals surface area contributed by atoms with E-state index in [0.717, 1.165) is 19.5 Å². The van der Waals surface area contributed by atoms with Crippen LogP contribution < -0.4 is 11.1 Å². The molecule has 0 radical (unpaired) electrons. The molecule has 14 heavy (non-hydrogen) atoms. The van der Waals surface area contributed by atoms with Crippen LogP contribution in [0.3, 0.4) is 0 Å². The van der Waals surface area contributed by atoms with Gasteiger partial charge in [-0.1, -0.05) is 0 Å². The highest BCUT2D eigenvalue weighted by molar-refractivity contribution is 5.77. The summed E-state index contributed by atoms with van der Waals surface area (Å²) in [5.41, 5.74) is 5.25. The molecular formula is C9H17N3O2. The smallest absolute Gasteiger partial charge is 0.221 e. The Hall–Kier alpha value is -0.650. The van der Waals surface area contributed by atoms with E-state index in [9.17, 15) is 9.90 Å². The fourth-order valence-corrected chi connectivity index (χ4v) is 2.34. The molecule has 2 heterocycles. The van der Waals surface area contributed by atoms with Crippen LogP contribution in [-0.4, -0.2) is 54.2 Å². The van der Waals surface area contributed by atoms with Crippen LogP contribution in [0.4, 0.5) is 0 Å². The number of nitrogens with one attached hydrogen (secondary N) is 1. The molecule has 1 amide bonds. The average Bonchev–Trinajstić information content (AvgIpc) is 2.71. The number of β-amino-alcohol motifs (C(OH)–C–C–N with tert-alkyl or cyclic N) is 1. The zero-order valence-corrected chi connectivity index (χ0v) is 8.15. The molecule has 2 fully saturated rings. The molecule has 1 unspecified atom stereocenters. The van der Waals surface area contributed by atoms with Crippen molar-refractivity contribution in [3.63, 3.8) is 0 Å². The average molecular weight is 199 g/mol. The molecule has 0 saturated carbocycles. The van der Waals surface area contributed by atoms with Crippen LogP contribution in [0.15, 0.2) is 0 Å². The number of carbonyl (C=O) groups is 1. The normalized spacial score (nSPS) is 39.1. The Balaban J connectivity index is 1.91. The second-order valence-electron chi connectivity index (χ2n) is 4.18. The minimum absolute atomic E-state index is 0.0252. The molecule has 5 nitrogen and oxygen atoms in total. The summed E-state index contributed by atoms with van der Waals surface area (Å²) in [4.78, 5) is 13.1. The Bertz CT molecular complexity index is 234. The molecule has 5 heteroatoms. The SMILES string of the molecule is NC(=O)C1CCN([C@@H]2CNC[C@H]2O)C1. The fourth-order valence-electron chi connectivity index (χ4n) is 2.34. The van der Waals surface area contributed by atoms with Gasteiger partial charge >= 0.3 is 0 Å². The number of amides is 1. The van der Waals surface area contributed by atoms with E-state index in [4.69, 9.17) is 5.73 Å². The van der Waals surface area contributed by atoms with Gasteiger partial charge in [-0.05, 0) is 13.0 Å². The molecule has 2 aliphatic heterocycles. The highest BCUT2D eigenvalue weighted by Crippen LogP contribution is 2.21. The molecule has 4 N–H and O–H groups in total. The van der Waals surface area contributed by atoms with Crippen LogP contribution in [0.25, 0.3) is 0 Å². The predicted molar refractivity (Wildman–Crippen MR) is 51.5 cm³/mol. The number of carbonyl (C=O) groups excluding carboxylic acids is 1. The Labute approximate surface area is 83.3 Å². The number of nitrogens with two attached hydrogens (primary N) is 1. The van der Waals surface area contributed by atoms with E-state index in [1.54, 1.807) is 0 Å². The minimum atomic E-state index is -0.304. The summed E-state index contributed by atoms with van der Waals surface area (Å²) in [6.45, 7) is 3.05. The third kappa shape index (κ3) is 1.75. The summed E-state index contributed by atoms with van der Waals surface area (Å²) in [6.07, 6.45) is 0.528. The third-order valence-corrected chi connectivity index (χ3v) is 3.24. The molecule has 3 atom stereocenters. The number of nitrogens with zero attached hydrogens (tertiary/aromatic N) is 1. The monoisotopic (exact) mass is 199 g/mol. The lowest BCUT2D eigenvalue weighted by atomic mass is 10.1. The molecule has 0 bridgehead atoms. The van der Waals surface area contributed by atoms with Crippen molar-refractivity contribution in [2.45, 2.75) is 18.6 Å². The molecule has 80 valence electrons. The summed E-state index contributed by atoms with van der Waals surface area (Å²) in [7, 11) is 0. The Morgan fingerprint density at radius 1 is 1.50 bits per heavy atom. The van der Waals surface area contributed by atoms with Gasteiger partial charge < -0.3 is 16.2 Å². The lowest BCUT2D eigenvalue weighted by Crippen LogP contribution is -2.42. The molecule has 2 aliphatic rings. The third-order valence-electron chi connectivity index (χ3n) is 3.24. The molecule has 0 aromatic rings. The van der Waals surface area contributed by atoms with Crippen LogP contribution in [-0.2, 0) is 4.79 Å². The lowest BCUT2D eigenvalue weighted by Gasteiger charge is -2.25. The van der Waals surface area contributed by atoms with E-state index in [1.807, 2.05) is 0 Å². The number of hydrogen-bond acceptors (Lipinski definition) is 4. The second-order valence-corrected chi connectivity index (χ2v) is 4.18. The zero-order chi connectivity index (χ0) is 10.1. The van der Waals surface area contributed by atoms with Crippen LogP contribution in [0.2, 0.25) is 0 Å². The Morgan fingerprint density at radius 2 is 2.29 bits per heavy atom. The molecule has 0 aliphatic carbocycles. The van der Waals surface area contributed by atoms with Gasteiger partial charge in [-0.25, -0.2) is 0 Å². The number of aliphatic hydroxyl groups is 1. The number of rotatable bonds is 2. The first-order valence-corrected chi connectivity index (χ1v) is 5.10. The van der Waals surface area contributed by atoms with Crippen molar-refractivity contribution in [2.75, 3.05) is 26.2 Å². The van der Waals surface area contributed by atoms with Gasteiger partial charge in [0.05, 0.1) is 12.0 Å². The predicted octanol–water partition coefficient (Wildman–Crippen LogP) is -1.87. The fraction of sp³-hybridized carbons (Fsp3) is 0.889. The minimum Gasteiger partial charge on any atom is -0.390 e. The maximum absolute atomic E-state index is 11.0. The molecule has 0 aromatic heterocycles. The lowest BCUT2D eigenvalue weighted by molar-refractivity contribution is -0.121. The Morgan fingerprint density at radius 3 is 2.79 bits per heavy atom. The van der Waals surface area contributed by atoms with E-state index in [-0.39, 0.29) is 24.0 Å². The molecule has 2 saturated heterocycles. The van der Waals surface area contributed by atoms with Gasteiger partial charge in [0.25, 0.3) is 0 Å². The summed E-state index contributed by atoms with van der Waals surface area (Å²) < 4.78 is 0. The van der Waals surface area contributed by atoms with Crippen molar-refractivity contribution in [2.24, 2.45) is 11.7 Å². The van der Waals surface area contributed by atoms with Crippen LogP contribution >= 0.6 is 0 Å². The first-order valence-electron chi connectivity index (χ1n) is 5.10. The molecule has 2 rings (SSSR count). The van der Waals surface area contributed by atoms with E-state index >= 15 is 0 Å². The maximum Gasteiger partial charge on any atom is 0.221 e. The van der Waals surface area contributed by atoms with E-state index in [2.05, 4.69) is 10.2 Å². The van der Waals surface area contributed by atoms with Crippen LogP contribution in [0, 0.1) is 5.92 Å². The first-order chi connectivity index (χ1) is 6.68. The molecular weight excluding hydrogens is 182 g/mol. The maximum atomic E-state index is 11.0. The van der Waals surface area contributed by atoms with Crippen molar-refractivity contribution in [3.05, 3.63) is 0 Å². The topological polar surface area (TPSA) is 78.6 Å². The van der Waals surface area contributed by atoms with E-state index < -0.39 is 0 Å². The van der Waals surface area contributed by atoms with Crippen molar-refractivity contribution in [1.29, 1.82) is 0 Å². The largest absolute Gasteiger partial charge is 0.390 e. The van der Waals surface area contributed by atoms with Crippen molar-refractivity contribution in [3.8, 4) is 0 Å². The van der Waals surface area contributed by atoms with Crippen LogP contribution in [0.1, 0.15) is 6.42 Å². The van der Waals surface area contributed by atoms with Gasteiger partial charge in [0.15, 0.2) is 0 Å². The molecule has 0 spiro atoms. The van der Waals surface area contributed by atoms with Crippen molar-refractivity contribution < 1.29 is 9.90 Å². The van der Waals surface area contributed by atoms with Crippen molar-refractivity contribution in [1.82, 2.24) is 10.2 Å². The Kier molecular flexibility index (Phi) is 2.71. The van der Waals surface area contributed by atoms with Gasteiger partial charge in [-0.2, -0.15) is 0 Å². The number of hydrogen-bond donors (Lipinski definition) is 3. The quantitative estimate of drug-likeness (QED) is 0.486. The highest BCUT2D eigenvalue weighted by atomic mass is 16.3. The summed E-state index contributed by atoms with van der Waals surface area (Å²) in [5, 5.41) is 12.8. The van der Waals surface area contributed by atoms with Gasteiger partial charge in [0.1, 0.15) is 0 Å². The van der Waals surface area contributed by atoms with E-state index in [0.29, 0.717) is 13.1 Å². The standard InChI is InChI=1S/C9H17N3O2/c10-9(14)6-1-2-12(5-6)7-3-11-4-8(7)13/h6-8,11,13H,1-5H2,(H2,10,14)/t6?,7-,8-/m1/s1. The number of primary amides is 1. The van der Waals surface area contributed by atoms with Gasteiger partial charge in [0, 0.05) is 25.7 Å². The van der Waals surface area contributed by atoms with E-state index in [1.165, 1.54) is 0 Å². The summed E-state index contributed by atoms with van der Waals surface area (Å²) in [6, 6.07) is 0.166. The number of aliphatic hydroxyl groups excluding tert-OH is 1. The summed E-state index contributed by atoms with van der Waals surface area (Å²) in [5.74, 6) is -0.240. The number of likely N-dealkylation sites (tertiary alicyclic amines) is 1. The molecule has 0 aromatic carbocycles. The second kappa shape index (κ2) is 3.84. The van der Waals surface area contributed by atoms with Crippen LogP contribution in [0.5, 0.6) is 0 Å². The first kappa shape index (κ1) is 9.89. The highest BCUT2D eigenvalue weighted by Gasteiger charge is 2.36.